The number of rotatable bonds is 8. The van der Waals surface area contributed by atoms with Crippen LogP contribution in [0.2, 0.25) is 0 Å². The molecule has 50 heavy (non-hydrogen) atoms. The minimum Gasteiger partial charge on any atom is -0.496 e. The number of hydrogen-bond acceptors (Lipinski definition) is 2. The van der Waals surface area contributed by atoms with Gasteiger partial charge in [0, 0.05) is 27.8 Å². The van der Waals surface area contributed by atoms with E-state index in [4.69, 9.17) is 4.74 Å². The highest BCUT2D eigenvalue weighted by atomic mass is 16.5. The highest BCUT2D eigenvalue weighted by Gasteiger charge is 2.33. The topological polar surface area (TPSA) is 26.3 Å². The van der Waals surface area contributed by atoms with Crippen molar-refractivity contribution < 1.29 is 9.53 Å². The second-order valence-corrected chi connectivity index (χ2v) is 12.3. The van der Waals surface area contributed by atoms with Crippen LogP contribution in [-0.4, -0.2) is 12.9 Å². The SMILES string of the molecule is COc1ccc2ccccc2c1-c1c(C(=O)c2ccccc2)c(-c2ccccc2)c(-c2ccccc2)c(-c2ccccc2)c1-c1ccccc1. The number of fused-ring (bicyclic) bond motifs is 1. The number of carbonyl (C=O) groups excluding carboxylic acids is 1. The third-order valence-electron chi connectivity index (χ3n) is 9.37. The van der Waals surface area contributed by atoms with Gasteiger partial charge in [-0.15, -0.1) is 0 Å². The van der Waals surface area contributed by atoms with Crippen molar-refractivity contribution in [1.82, 2.24) is 0 Å². The molecular weight excluding hydrogens is 609 g/mol. The van der Waals surface area contributed by atoms with E-state index in [1.54, 1.807) is 7.11 Å². The molecule has 2 nitrogen and oxygen atoms in total. The number of ether oxygens (including phenoxy) is 1. The minimum absolute atomic E-state index is 0.0524. The molecule has 0 radical (unpaired) electrons. The summed E-state index contributed by atoms with van der Waals surface area (Å²) in [6.07, 6.45) is 0. The van der Waals surface area contributed by atoms with Gasteiger partial charge in [-0.05, 0) is 55.8 Å². The van der Waals surface area contributed by atoms with Crippen LogP contribution in [0.25, 0.3) is 66.4 Å². The van der Waals surface area contributed by atoms with Crippen LogP contribution in [0.15, 0.2) is 188 Å². The molecule has 0 unspecified atom stereocenters. The smallest absolute Gasteiger partial charge is 0.194 e. The quantitative estimate of drug-likeness (QED) is 0.154. The van der Waals surface area contributed by atoms with Gasteiger partial charge in [-0.25, -0.2) is 0 Å². The minimum atomic E-state index is -0.0524. The van der Waals surface area contributed by atoms with Crippen molar-refractivity contribution in [2.24, 2.45) is 0 Å². The van der Waals surface area contributed by atoms with Gasteiger partial charge in [-0.1, -0.05) is 182 Å². The van der Waals surface area contributed by atoms with Crippen molar-refractivity contribution in [3.05, 3.63) is 199 Å². The Hall–Kier alpha value is -6.51. The van der Waals surface area contributed by atoms with E-state index >= 15 is 4.79 Å². The molecule has 0 heterocycles. The summed E-state index contributed by atoms with van der Waals surface area (Å²) >= 11 is 0. The summed E-state index contributed by atoms with van der Waals surface area (Å²) in [4.78, 5) is 15.5. The summed E-state index contributed by atoms with van der Waals surface area (Å²) in [7, 11) is 1.71. The van der Waals surface area contributed by atoms with Crippen molar-refractivity contribution in [3.63, 3.8) is 0 Å². The van der Waals surface area contributed by atoms with E-state index in [-0.39, 0.29) is 5.78 Å². The van der Waals surface area contributed by atoms with Gasteiger partial charge in [0.25, 0.3) is 0 Å². The Morgan fingerprint density at radius 3 is 1.28 bits per heavy atom. The van der Waals surface area contributed by atoms with E-state index < -0.39 is 0 Å². The number of carbonyl (C=O) groups is 1. The van der Waals surface area contributed by atoms with Crippen LogP contribution in [0.1, 0.15) is 15.9 Å². The molecule has 0 atom stereocenters. The van der Waals surface area contributed by atoms with Gasteiger partial charge in [0.05, 0.1) is 7.11 Å². The summed E-state index contributed by atoms with van der Waals surface area (Å²) in [6.45, 7) is 0. The molecule has 8 aromatic rings. The monoisotopic (exact) mass is 642 g/mol. The van der Waals surface area contributed by atoms with Crippen molar-refractivity contribution in [1.29, 1.82) is 0 Å². The Morgan fingerprint density at radius 2 is 0.780 bits per heavy atom. The van der Waals surface area contributed by atoms with E-state index in [1.807, 2.05) is 72.8 Å². The summed E-state index contributed by atoms with van der Waals surface area (Å²) in [6, 6.07) is 64.0. The Bertz CT molecular complexity index is 2440. The van der Waals surface area contributed by atoms with Crippen molar-refractivity contribution in [2.45, 2.75) is 0 Å². The van der Waals surface area contributed by atoms with Gasteiger partial charge in [0.15, 0.2) is 5.78 Å². The van der Waals surface area contributed by atoms with Gasteiger partial charge in [-0.2, -0.15) is 0 Å². The van der Waals surface area contributed by atoms with Gasteiger partial charge in [0.2, 0.25) is 0 Å². The largest absolute Gasteiger partial charge is 0.496 e. The van der Waals surface area contributed by atoms with E-state index in [1.165, 1.54) is 0 Å². The molecule has 2 heteroatoms. The number of ketones is 1. The molecule has 0 N–H and O–H groups in total. The fourth-order valence-electron chi connectivity index (χ4n) is 7.21. The molecule has 0 bridgehead atoms. The fourth-order valence-corrected chi connectivity index (χ4v) is 7.21. The van der Waals surface area contributed by atoms with Gasteiger partial charge in [-0.3, -0.25) is 4.79 Å². The molecule has 0 aliphatic heterocycles. The van der Waals surface area contributed by atoms with E-state index in [0.29, 0.717) is 16.9 Å². The van der Waals surface area contributed by atoms with Crippen LogP contribution < -0.4 is 4.74 Å². The predicted octanol–water partition coefficient (Wildman–Crippen LogP) is 12.4. The first-order valence-electron chi connectivity index (χ1n) is 16.9. The lowest BCUT2D eigenvalue weighted by Gasteiger charge is -2.29. The van der Waals surface area contributed by atoms with Crippen LogP contribution in [0.4, 0.5) is 0 Å². The molecule has 0 amide bonds. The zero-order valence-corrected chi connectivity index (χ0v) is 27.7. The Balaban J connectivity index is 1.73. The van der Waals surface area contributed by atoms with Crippen molar-refractivity contribution in [3.8, 4) is 61.4 Å². The fraction of sp³-hybridized carbons (Fsp3) is 0.0208. The Labute approximate surface area is 292 Å². The number of hydrogen-bond donors (Lipinski definition) is 0. The zero-order valence-electron chi connectivity index (χ0n) is 27.7. The van der Waals surface area contributed by atoms with Gasteiger partial charge >= 0.3 is 0 Å². The summed E-state index contributed by atoms with van der Waals surface area (Å²) in [5, 5.41) is 2.08. The number of benzene rings is 8. The molecule has 238 valence electrons. The molecule has 0 saturated carbocycles. The van der Waals surface area contributed by atoms with E-state index in [0.717, 1.165) is 66.4 Å². The maximum atomic E-state index is 15.5. The van der Waals surface area contributed by atoms with Crippen molar-refractivity contribution in [2.75, 3.05) is 7.11 Å². The third-order valence-corrected chi connectivity index (χ3v) is 9.37. The molecule has 8 rings (SSSR count). The first-order valence-corrected chi connectivity index (χ1v) is 16.9. The van der Waals surface area contributed by atoms with Gasteiger partial charge in [0.1, 0.15) is 5.75 Å². The second-order valence-electron chi connectivity index (χ2n) is 12.3. The van der Waals surface area contributed by atoms with Gasteiger partial charge < -0.3 is 4.74 Å². The molecule has 0 fully saturated rings. The Kier molecular flexibility index (Phi) is 8.34. The first-order chi connectivity index (χ1) is 24.7. The highest BCUT2D eigenvalue weighted by molar-refractivity contribution is 6.25. The molecule has 0 saturated heterocycles. The zero-order chi connectivity index (χ0) is 33.9. The molecule has 0 aliphatic carbocycles. The lowest BCUT2D eigenvalue weighted by atomic mass is 9.73. The van der Waals surface area contributed by atoms with Crippen molar-refractivity contribution >= 4 is 16.6 Å². The average Bonchev–Trinajstić information content (AvgIpc) is 3.20. The lowest BCUT2D eigenvalue weighted by Crippen LogP contribution is -2.11. The van der Waals surface area contributed by atoms with Crippen LogP contribution in [0, 0.1) is 0 Å². The van der Waals surface area contributed by atoms with Crippen LogP contribution in [-0.2, 0) is 0 Å². The molecular formula is C48H34O2. The summed E-state index contributed by atoms with van der Waals surface area (Å²) in [5.74, 6) is 0.650. The number of methoxy groups -OCH3 is 1. The van der Waals surface area contributed by atoms with Crippen LogP contribution >= 0.6 is 0 Å². The second kappa shape index (κ2) is 13.5. The highest BCUT2D eigenvalue weighted by Crippen LogP contribution is 2.55. The lowest BCUT2D eigenvalue weighted by molar-refractivity contribution is 0.104. The Morgan fingerprint density at radius 1 is 0.380 bits per heavy atom. The first kappa shape index (κ1) is 30.8. The average molecular weight is 643 g/mol. The predicted molar refractivity (Wildman–Crippen MR) is 208 cm³/mol. The van der Waals surface area contributed by atoms with Crippen LogP contribution in [0.5, 0.6) is 5.75 Å². The summed E-state index contributed by atoms with van der Waals surface area (Å²) < 4.78 is 6.23. The molecule has 0 aliphatic rings. The van der Waals surface area contributed by atoms with E-state index in [2.05, 4.69) is 115 Å². The normalized spacial score (nSPS) is 11.0. The maximum Gasteiger partial charge on any atom is 0.194 e. The third kappa shape index (κ3) is 5.47. The molecule has 8 aromatic carbocycles. The molecule has 0 aromatic heterocycles. The maximum absolute atomic E-state index is 15.5. The standard InChI is InChI=1S/C48H34O2/c1-50-40-32-31-33-19-17-18-30-39(33)45(40)46-43(36-24-11-4-12-25-36)41(34-20-7-2-8-21-34)42(35-22-9-3-10-23-35)44(37-26-13-5-14-27-37)47(46)48(49)38-28-15-6-16-29-38/h2-32H,1H3. The molecule has 0 spiro atoms. The van der Waals surface area contributed by atoms with Crippen LogP contribution in [0.3, 0.4) is 0 Å². The summed E-state index contributed by atoms with van der Waals surface area (Å²) in [5.41, 5.74) is 11.0. The van der Waals surface area contributed by atoms with E-state index in [9.17, 15) is 0 Å².